The van der Waals surface area contributed by atoms with Gasteiger partial charge in [-0.25, -0.2) is 0 Å². The van der Waals surface area contributed by atoms with E-state index in [4.69, 9.17) is 0 Å². The molecule has 0 bridgehead atoms. The van der Waals surface area contributed by atoms with Crippen LogP contribution in [0.4, 0.5) is 0 Å². The van der Waals surface area contributed by atoms with Crippen LogP contribution in [0.5, 0.6) is 0 Å². The lowest BCUT2D eigenvalue weighted by molar-refractivity contribution is -0.129. The zero-order valence-corrected chi connectivity index (χ0v) is 14.1. The van der Waals surface area contributed by atoms with Crippen LogP contribution in [-0.2, 0) is 11.2 Å². The van der Waals surface area contributed by atoms with Gasteiger partial charge in [-0.3, -0.25) is 14.8 Å². The van der Waals surface area contributed by atoms with E-state index in [9.17, 15) is 4.79 Å². The number of rotatable bonds is 6. The first-order valence-electron chi connectivity index (χ1n) is 8.44. The van der Waals surface area contributed by atoms with Crippen molar-refractivity contribution < 1.29 is 4.79 Å². The molecule has 1 amide bonds. The molecule has 1 saturated heterocycles. The Bertz CT molecular complexity index is 517. The van der Waals surface area contributed by atoms with Gasteiger partial charge in [0.25, 0.3) is 0 Å². The van der Waals surface area contributed by atoms with Crippen LogP contribution < -0.4 is 10.6 Å². The molecule has 2 N–H and O–H groups in total. The third kappa shape index (κ3) is 5.54. The number of carbonyl (C=O) groups is 1. The summed E-state index contributed by atoms with van der Waals surface area (Å²) in [6, 6.07) is 4.29. The van der Waals surface area contributed by atoms with Gasteiger partial charge in [-0.05, 0) is 31.4 Å². The Labute approximate surface area is 138 Å². The molecule has 6 nitrogen and oxygen atoms in total. The normalized spacial score (nSPS) is 18.1. The predicted octanol–water partition coefficient (Wildman–Crippen LogP) is 1.19. The van der Waals surface area contributed by atoms with Crippen LogP contribution >= 0.6 is 0 Å². The van der Waals surface area contributed by atoms with E-state index < -0.39 is 0 Å². The molecule has 2 heterocycles. The number of guanidine groups is 1. The summed E-state index contributed by atoms with van der Waals surface area (Å²) >= 11 is 0. The molecule has 1 fully saturated rings. The molecule has 1 unspecified atom stereocenters. The van der Waals surface area contributed by atoms with Gasteiger partial charge in [-0.1, -0.05) is 13.0 Å². The maximum Gasteiger partial charge on any atom is 0.222 e. The zero-order chi connectivity index (χ0) is 16.5. The smallest absolute Gasteiger partial charge is 0.222 e. The highest BCUT2D eigenvalue weighted by Crippen LogP contribution is 2.10. The molecular formula is C17H27N5O. The van der Waals surface area contributed by atoms with E-state index in [0.29, 0.717) is 13.0 Å². The molecule has 2 rings (SSSR count). The van der Waals surface area contributed by atoms with Crippen LogP contribution in [0, 0.1) is 0 Å². The minimum Gasteiger partial charge on any atom is -0.357 e. The topological polar surface area (TPSA) is 69.6 Å². The summed E-state index contributed by atoms with van der Waals surface area (Å²) < 4.78 is 0. The minimum atomic E-state index is 0.229. The molecule has 0 aliphatic carbocycles. The van der Waals surface area contributed by atoms with Crippen molar-refractivity contribution in [2.75, 3.05) is 26.2 Å². The fourth-order valence-corrected chi connectivity index (χ4v) is 2.68. The second-order valence-electron chi connectivity index (χ2n) is 5.70. The van der Waals surface area contributed by atoms with Crippen LogP contribution in [0.2, 0.25) is 0 Å². The van der Waals surface area contributed by atoms with E-state index >= 15 is 0 Å². The maximum atomic E-state index is 11.7. The third-order valence-corrected chi connectivity index (χ3v) is 3.92. The highest BCUT2D eigenvalue weighted by atomic mass is 16.2. The molecule has 0 saturated carbocycles. The van der Waals surface area contributed by atoms with Crippen LogP contribution in [0.3, 0.4) is 0 Å². The Balaban J connectivity index is 1.83. The molecule has 1 aromatic heterocycles. The highest BCUT2D eigenvalue weighted by Gasteiger charge is 2.25. The SMILES string of the molecule is CCNC(=NCCc1cccnc1)NC1CCN(C(=O)CC)C1. The summed E-state index contributed by atoms with van der Waals surface area (Å²) in [7, 11) is 0. The Morgan fingerprint density at radius 1 is 1.48 bits per heavy atom. The number of carbonyl (C=O) groups excluding carboxylic acids is 1. The Hall–Kier alpha value is -2.11. The molecule has 6 heteroatoms. The fourth-order valence-electron chi connectivity index (χ4n) is 2.68. The number of pyridine rings is 1. The van der Waals surface area contributed by atoms with E-state index in [-0.39, 0.29) is 11.9 Å². The highest BCUT2D eigenvalue weighted by molar-refractivity contribution is 5.80. The maximum absolute atomic E-state index is 11.7. The van der Waals surface area contributed by atoms with E-state index in [1.807, 2.05) is 24.1 Å². The summed E-state index contributed by atoms with van der Waals surface area (Å²) in [5, 5.41) is 6.72. The Morgan fingerprint density at radius 2 is 2.35 bits per heavy atom. The molecule has 1 aliphatic heterocycles. The summed E-state index contributed by atoms with van der Waals surface area (Å²) in [4.78, 5) is 22.4. The van der Waals surface area contributed by atoms with Gasteiger partial charge in [0.05, 0.1) is 0 Å². The average Bonchev–Trinajstić information content (AvgIpc) is 3.04. The van der Waals surface area contributed by atoms with E-state index in [0.717, 1.165) is 38.4 Å². The largest absolute Gasteiger partial charge is 0.357 e. The van der Waals surface area contributed by atoms with Crippen LogP contribution in [0.25, 0.3) is 0 Å². The van der Waals surface area contributed by atoms with Crippen molar-refractivity contribution in [3.63, 3.8) is 0 Å². The summed E-state index contributed by atoms with van der Waals surface area (Å²) in [6.07, 6.45) is 6.07. The van der Waals surface area contributed by atoms with Gasteiger partial charge >= 0.3 is 0 Å². The number of nitrogens with one attached hydrogen (secondary N) is 2. The van der Waals surface area contributed by atoms with Crippen molar-refractivity contribution in [1.29, 1.82) is 0 Å². The summed E-state index contributed by atoms with van der Waals surface area (Å²) in [6.45, 7) is 7.10. The van der Waals surface area contributed by atoms with Crippen molar-refractivity contribution >= 4 is 11.9 Å². The zero-order valence-electron chi connectivity index (χ0n) is 14.1. The number of nitrogens with zero attached hydrogens (tertiary/aromatic N) is 3. The summed E-state index contributed by atoms with van der Waals surface area (Å²) in [5.41, 5.74) is 1.19. The number of aromatic nitrogens is 1. The average molecular weight is 317 g/mol. The Morgan fingerprint density at radius 3 is 3.04 bits per heavy atom. The quantitative estimate of drug-likeness (QED) is 0.611. The molecule has 1 aliphatic rings. The van der Waals surface area contributed by atoms with Crippen molar-refractivity contribution in [2.45, 2.75) is 39.2 Å². The second-order valence-corrected chi connectivity index (χ2v) is 5.70. The Kier molecular flexibility index (Phi) is 6.84. The van der Waals surface area contributed by atoms with Crippen LogP contribution in [0.1, 0.15) is 32.3 Å². The molecule has 1 atom stereocenters. The molecule has 0 aromatic carbocycles. The van der Waals surface area contributed by atoms with Gasteiger partial charge in [-0.2, -0.15) is 0 Å². The standard InChI is InChI=1S/C17H27N5O/c1-3-16(23)22-11-8-15(13-22)21-17(19-4-2)20-10-7-14-6-5-9-18-12-14/h5-6,9,12,15H,3-4,7-8,10-11,13H2,1-2H3,(H2,19,20,21). The lowest BCUT2D eigenvalue weighted by atomic mass is 10.2. The number of likely N-dealkylation sites (tertiary alicyclic amines) is 1. The van der Waals surface area contributed by atoms with Crippen molar-refractivity contribution in [3.05, 3.63) is 30.1 Å². The second kappa shape index (κ2) is 9.12. The van der Waals surface area contributed by atoms with Crippen molar-refractivity contribution in [1.82, 2.24) is 20.5 Å². The molecule has 0 radical (unpaired) electrons. The van der Waals surface area contributed by atoms with E-state index in [1.54, 1.807) is 6.20 Å². The molecule has 0 spiro atoms. The van der Waals surface area contributed by atoms with Gasteiger partial charge in [0.2, 0.25) is 5.91 Å². The van der Waals surface area contributed by atoms with Crippen LogP contribution in [-0.4, -0.2) is 54.0 Å². The number of amides is 1. The lowest BCUT2D eigenvalue weighted by Gasteiger charge is -2.18. The lowest BCUT2D eigenvalue weighted by Crippen LogP contribution is -2.45. The molecule has 126 valence electrons. The van der Waals surface area contributed by atoms with Gasteiger partial charge in [0.15, 0.2) is 5.96 Å². The van der Waals surface area contributed by atoms with Crippen molar-refractivity contribution in [2.24, 2.45) is 4.99 Å². The number of hydrogen-bond donors (Lipinski definition) is 2. The van der Waals surface area contributed by atoms with E-state index in [2.05, 4.69) is 33.6 Å². The fraction of sp³-hybridized carbons (Fsp3) is 0.588. The van der Waals surface area contributed by atoms with Gasteiger partial charge < -0.3 is 15.5 Å². The third-order valence-electron chi connectivity index (χ3n) is 3.92. The minimum absolute atomic E-state index is 0.229. The predicted molar refractivity (Wildman–Crippen MR) is 92.3 cm³/mol. The monoisotopic (exact) mass is 317 g/mol. The van der Waals surface area contributed by atoms with Gasteiger partial charge in [0, 0.05) is 51.0 Å². The summed E-state index contributed by atoms with van der Waals surface area (Å²) in [5.74, 6) is 1.06. The first kappa shape index (κ1) is 17.2. The van der Waals surface area contributed by atoms with Crippen molar-refractivity contribution in [3.8, 4) is 0 Å². The van der Waals surface area contributed by atoms with Gasteiger partial charge in [-0.15, -0.1) is 0 Å². The molecular weight excluding hydrogens is 290 g/mol. The number of aliphatic imine (C=N–C) groups is 1. The van der Waals surface area contributed by atoms with Gasteiger partial charge in [0.1, 0.15) is 0 Å². The van der Waals surface area contributed by atoms with E-state index in [1.165, 1.54) is 5.56 Å². The number of hydrogen-bond acceptors (Lipinski definition) is 3. The first-order valence-corrected chi connectivity index (χ1v) is 8.44. The van der Waals surface area contributed by atoms with Crippen LogP contribution in [0.15, 0.2) is 29.5 Å². The molecule has 1 aromatic rings. The molecule has 23 heavy (non-hydrogen) atoms. The first-order chi connectivity index (χ1) is 11.2.